The van der Waals surface area contributed by atoms with E-state index < -0.39 is 15.7 Å². The van der Waals surface area contributed by atoms with Crippen LogP contribution in [0.2, 0.25) is 0 Å². The van der Waals surface area contributed by atoms with Gasteiger partial charge in [0.25, 0.3) is 0 Å². The molecule has 0 aromatic heterocycles. The Hall–Kier alpha value is -1.23. The monoisotopic (exact) mass is 296 g/mol. The van der Waals surface area contributed by atoms with E-state index >= 15 is 0 Å². The molecule has 20 heavy (non-hydrogen) atoms. The quantitative estimate of drug-likeness (QED) is 0.788. The first-order valence-corrected chi connectivity index (χ1v) is 8.53. The molecule has 3 rings (SSSR count). The molecule has 108 valence electrons. The zero-order valence-electron chi connectivity index (χ0n) is 11.3. The van der Waals surface area contributed by atoms with Crippen LogP contribution < -0.4 is 0 Å². The van der Waals surface area contributed by atoms with Gasteiger partial charge in [-0.15, -0.1) is 0 Å². The molecule has 3 nitrogen and oxygen atoms in total. The fourth-order valence-electron chi connectivity index (χ4n) is 3.54. The number of sulfone groups is 1. The van der Waals surface area contributed by atoms with E-state index in [1.54, 1.807) is 13.0 Å². The smallest absolute Gasteiger partial charge is 0.166 e. The minimum atomic E-state index is -3.02. The lowest BCUT2D eigenvalue weighted by molar-refractivity contribution is 0.0905. The average molecular weight is 296 g/mol. The van der Waals surface area contributed by atoms with Gasteiger partial charge in [-0.3, -0.25) is 4.79 Å². The largest absolute Gasteiger partial charge is 0.294 e. The van der Waals surface area contributed by atoms with Crippen LogP contribution in [0.25, 0.3) is 0 Å². The van der Waals surface area contributed by atoms with Crippen molar-refractivity contribution in [3.05, 3.63) is 35.1 Å². The first-order chi connectivity index (χ1) is 9.38. The third kappa shape index (κ3) is 2.18. The molecule has 0 radical (unpaired) electrons. The molecular formula is C15H17FO3S. The number of ketones is 1. The Bertz CT molecular complexity index is 625. The van der Waals surface area contributed by atoms with Gasteiger partial charge < -0.3 is 0 Å². The molecule has 0 spiro atoms. The summed E-state index contributed by atoms with van der Waals surface area (Å²) in [6.07, 6.45) is 2.12. The summed E-state index contributed by atoms with van der Waals surface area (Å²) in [5, 5.41) is -0.741. The zero-order chi connectivity index (χ0) is 14.5. The lowest BCUT2D eigenvalue weighted by atomic mass is 9.90. The van der Waals surface area contributed by atoms with Crippen molar-refractivity contribution >= 4 is 15.6 Å². The molecule has 2 heterocycles. The maximum atomic E-state index is 13.4. The Morgan fingerprint density at radius 2 is 1.75 bits per heavy atom. The Labute approximate surface area is 118 Å². The Morgan fingerprint density at radius 3 is 2.30 bits per heavy atom. The summed E-state index contributed by atoms with van der Waals surface area (Å²) in [5.41, 5.74) is 1.07. The Morgan fingerprint density at radius 1 is 1.15 bits per heavy atom. The van der Waals surface area contributed by atoms with Crippen LogP contribution in [-0.4, -0.2) is 24.7 Å². The fourth-order valence-corrected chi connectivity index (χ4v) is 6.01. The molecule has 2 unspecified atom stereocenters. The second-order valence-corrected chi connectivity index (χ2v) is 8.47. The van der Waals surface area contributed by atoms with Crippen LogP contribution in [0.4, 0.5) is 4.39 Å². The van der Waals surface area contributed by atoms with Gasteiger partial charge in [0.15, 0.2) is 15.6 Å². The lowest BCUT2D eigenvalue weighted by Gasteiger charge is -2.27. The molecule has 2 atom stereocenters. The number of Topliss-reactive ketones (excluding diaryl/α,β-unsaturated/α-hetero) is 1. The third-order valence-corrected chi connectivity index (χ3v) is 7.25. The number of carbonyl (C=O) groups excluding carboxylic acids is 1. The summed E-state index contributed by atoms with van der Waals surface area (Å²) in [7, 11) is -3.02. The number of hydrogen-bond donors (Lipinski definition) is 0. The van der Waals surface area contributed by atoms with Crippen LogP contribution in [0.1, 0.15) is 41.6 Å². The van der Waals surface area contributed by atoms with Crippen molar-refractivity contribution in [2.24, 2.45) is 5.92 Å². The standard InChI is InChI=1S/C15H17FO3S/c1-9-4-10(6-12(16)5-9)15(17)11-7-13-2-3-14(8-11)20(13,18)19/h4-6,11,13-14H,2-3,7-8H2,1H3. The van der Waals surface area contributed by atoms with Crippen molar-refractivity contribution in [2.75, 3.05) is 0 Å². The van der Waals surface area contributed by atoms with Crippen LogP contribution in [0.15, 0.2) is 18.2 Å². The highest BCUT2D eigenvalue weighted by Crippen LogP contribution is 2.42. The zero-order valence-corrected chi connectivity index (χ0v) is 12.1. The molecular weight excluding hydrogens is 279 g/mol. The van der Waals surface area contributed by atoms with Crippen LogP contribution in [0.5, 0.6) is 0 Å². The lowest BCUT2D eigenvalue weighted by Crippen LogP contribution is -2.36. The molecule has 0 saturated carbocycles. The summed E-state index contributed by atoms with van der Waals surface area (Å²) in [4.78, 5) is 12.5. The van der Waals surface area contributed by atoms with E-state index in [2.05, 4.69) is 0 Å². The number of hydrogen-bond acceptors (Lipinski definition) is 3. The number of fused-ring (bicyclic) bond motifs is 2. The highest BCUT2D eigenvalue weighted by Gasteiger charge is 2.48. The maximum absolute atomic E-state index is 13.4. The highest BCUT2D eigenvalue weighted by molar-refractivity contribution is 7.93. The van der Waals surface area contributed by atoms with E-state index in [9.17, 15) is 17.6 Å². The molecule has 0 amide bonds. The summed E-state index contributed by atoms with van der Waals surface area (Å²) < 4.78 is 37.4. The van der Waals surface area contributed by atoms with Crippen molar-refractivity contribution in [3.8, 4) is 0 Å². The molecule has 1 aromatic rings. The van der Waals surface area contributed by atoms with E-state index in [0.29, 0.717) is 36.8 Å². The van der Waals surface area contributed by atoms with Gasteiger partial charge in [0.05, 0.1) is 10.5 Å². The van der Waals surface area contributed by atoms with E-state index in [0.717, 1.165) is 0 Å². The summed E-state index contributed by atoms with van der Waals surface area (Å²) in [6.45, 7) is 1.74. The van der Waals surface area contributed by atoms with Gasteiger partial charge in [-0.2, -0.15) is 0 Å². The van der Waals surface area contributed by atoms with Crippen LogP contribution >= 0.6 is 0 Å². The van der Waals surface area contributed by atoms with Crippen molar-refractivity contribution in [3.63, 3.8) is 0 Å². The van der Waals surface area contributed by atoms with E-state index in [1.165, 1.54) is 12.1 Å². The molecule has 0 aliphatic carbocycles. The summed E-state index contributed by atoms with van der Waals surface area (Å²) in [5.74, 6) is -0.809. The Kier molecular flexibility index (Phi) is 3.20. The van der Waals surface area contributed by atoms with Crippen molar-refractivity contribution < 1.29 is 17.6 Å². The third-order valence-electron chi connectivity index (χ3n) is 4.53. The van der Waals surface area contributed by atoms with Crippen molar-refractivity contribution in [1.82, 2.24) is 0 Å². The van der Waals surface area contributed by atoms with Crippen LogP contribution in [0, 0.1) is 18.7 Å². The minimum Gasteiger partial charge on any atom is -0.294 e. The van der Waals surface area contributed by atoms with Gasteiger partial charge in [0.1, 0.15) is 5.82 Å². The van der Waals surface area contributed by atoms with Crippen molar-refractivity contribution in [2.45, 2.75) is 43.1 Å². The average Bonchev–Trinajstić information content (AvgIpc) is 2.55. The molecule has 2 fully saturated rings. The van der Waals surface area contributed by atoms with Gasteiger partial charge in [0.2, 0.25) is 0 Å². The van der Waals surface area contributed by atoms with Gasteiger partial charge in [-0.1, -0.05) is 0 Å². The Balaban J connectivity index is 1.86. The molecule has 0 N–H and O–H groups in total. The molecule has 2 bridgehead atoms. The predicted octanol–water partition coefficient (Wildman–Crippen LogP) is 2.67. The predicted molar refractivity (Wildman–Crippen MR) is 73.9 cm³/mol. The normalized spacial score (nSPS) is 31.2. The minimum absolute atomic E-state index is 0.112. The molecule has 2 saturated heterocycles. The number of rotatable bonds is 2. The van der Waals surface area contributed by atoms with E-state index in [1.807, 2.05) is 0 Å². The number of halogens is 1. The summed E-state index contributed by atoms with van der Waals surface area (Å²) >= 11 is 0. The maximum Gasteiger partial charge on any atom is 0.166 e. The number of carbonyl (C=O) groups is 1. The topological polar surface area (TPSA) is 51.2 Å². The van der Waals surface area contributed by atoms with Crippen molar-refractivity contribution in [1.29, 1.82) is 0 Å². The first-order valence-electron chi connectivity index (χ1n) is 6.92. The molecule has 2 aliphatic heterocycles. The van der Waals surface area contributed by atoms with Gasteiger partial charge in [0, 0.05) is 11.5 Å². The van der Waals surface area contributed by atoms with E-state index in [-0.39, 0.29) is 22.2 Å². The van der Waals surface area contributed by atoms with Gasteiger partial charge >= 0.3 is 0 Å². The second-order valence-electron chi connectivity index (χ2n) is 5.96. The van der Waals surface area contributed by atoms with Gasteiger partial charge in [-0.25, -0.2) is 12.8 Å². The first kappa shape index (κ1) is 13.7. The van der Waals surface area contributed by atoms with E-state index in [4.69, 9.17) is 0 Å². The molecule has 1 aromatic carbocycles. The molecule has 2 aliphatic rings. The van der Waals surface area contributed by atoms with Crippen LogP contribution in [0.3, 0.4) is 0 Å². The highest BCUT2D eigenvalue weighted by atomic mass is 32.2. The molecule has 5 heteroatoms. The van der Waals surface area contributed by atoms with Crippen LogP contribution in [-0.2, 0) is 9.84 Å². The summed E-state index contributed by atoms with van der Waals surface area (Å²) in [6, 6.07) is 4.31. The number of aryl methyl sites for hydroxylation is 1. The fraction of sp³-hybridized carbons (Fsp3) is 0.533. The number of benzene rings is 1. The van der Waals surface area contributed by atoms with Gasteiger partial charge in [-0.05, 0) is 56.4 Å². The second kappa shape index (κ2) is 4.65. The SMILES string of the molecule is Cc1cc(F)cc(C(=O)C2CC3CCC(C2)S3(=O)=O)c1.